The van der Waals surface area contributed by atoms with E-state index in [0.717, 1.165) is 18.7 Å². The quantitative estimate of drug-likeness (QED) is 0.624. The van der Waals surface area contributed by atoms with Gasteiger partial charge in [-0.3, -0.25) is 0 Å². The molecule has 0 aliphatic rings. The van der Waals surface area contributed by atoms with Crippen LogP contribution in [-0.4, -0.2) is 26.5 Å². The number of nitrogen functional groups attached to an aromatic ring is 1. The summed E-state index contributed by atoms with van der Waals surface area (Å²) in [7, 11) is -1.64. The number of hydrogen-bond donors (Lipinski definition) is 2. The molecule has 0 aliphatic carbocycles. The van der Waals surface area contributed by atoms with Crippen LogP contribution in [0.2, 0.25) is 18.1 Å². The molecule has 1 heterocycles. The van der Waals surface area contributed by atoms with E-state index in [1.165, 1.54) is 0 Å². The maximum absolute atomic E-state index is 6.14. The van der Waals surface area contributed by atoms with Gasteiger partial charge in [0.2, 0.25) is 0 Å². The number of nitrogens with two attached hydrogens (primary N) is 1. The van der Waals surface area contributed by atoms with Crippen molar-refractivity contribution in [3.8, 4) is 0 Å². The zero-order valence-corrected chi connectivity index (χ0v) is 14.7. The zero-order chi connectivity index (χ0) is 15.4. The van der Waals surface area contributed by atoms with Crippen LogP contribution in [0, 0.1) is 0 Å². The number of rotatable bonds is 6. The predicted octanol–water partition coefficient (Wildman–Crippen LogP) is 3.34. The minimum Gasteiger partial charge on any atom is -0.416 e. The van der Waals surface area contributed by atoms with Crippen LogP contribution in [0.25, 0.3) is 0 Å². The molecule has 1 atom stereocenters. The Labute approximate surface area is 124 Å². The molecular weight excluding hydrogens is 266 g/mol. The Morgan fingerprint density at radius 3 is 2.60 bits per heavy atom. The second kappa shape index (κ2) is 6.69. The molecule has 0 spiro atoms. The van der Waals surface area contributed by atoms with Crippen LogP contribution in [-0.2, 0) is 4.43 Å². The molecular formula is C15H29N3OSi. The summed E-state index contributed by atoms with van der Waals surface area (Å²) >= 11 is 0. The molecule has 1 aromatic heterocycles. The summed E-state index contributed by atoms with van der Waals surface area (Å²) in [5, 5.41) is 3.70. The molecule has 0 fully saturated rings. The molecule has 0 bridgehead atoms. The van der Waals surface area contributed by atoms with Crippen molar-refractivity contribution in [2.75, 3.05) is 18.9 Å². The topological polar surface area (TPSA) is 60.2 Å². The summed E-state index contributed by atoms with van der Waals surface area (Å²) in [4.78, 5) is 4.11. The second-order valence-corrected chi connectivity index (χ2v) is 11.6. The summed E-state index contributed by atoms with van der Waals surface area (Å²) in [5.41, 5.74) is 6.92. The highest BCUT2D eigenvalue weighted by molar-refractivity contribution is 6.74. The Morgan fingerprint density at radius 2 is 2.05 bits per heavy atom. The minimum atomic E-state index is -1.64. The van der Waals surface area contributed by atoms with Gasteiger partial charge in [0.1, 0.15) is 5.82 Å². The fraction of sp³-hybridized carbons (Fsp3) is 0.667. The van der Waals surface area contributed by atoms with Crippen molar-refractivity contribution in [1.29, 1.82) is 0 Å². The lowest BCUT2D eigenvalue weighted by molar-refractivity contribution is 0.281. The van der Waals surface area contributed by atoms with Gasteiger partial charge in [-0.05, 0) is 31.1 Å². The highest BCUT2D eigenvalue weighted by Gasteiger charge is 2.36. The Hall–Kier alpha value is -0.913. The lowest BCUT2D eigenvalue weighted by Crippen LogP contribution is -2.42. The standard InChI is InChI=1S/C15H29N3OSi/c1-12(13-8-7-9-18-14(13)16)17-10-11-19-20(5,6)15(2,3)4/h7-9,12,17H,10-11H2,1-6H3,(H2,16,18). The smallest absolute Gasteiger partial charge is 0.192 e. The lowest BCUT2D eigenvalue weighted by atomic mass is 10.1. The van der Waals surface area contributed by atoms with Crippen molar-refractivity contribution in [1.82, 2.24) is 10.3 Å². The van der Waals surface area contributed by atoms with Crippen molar-refractivity contribution in [2.45, 2.75) is 51.9 Å². The molecule has 20 heavy (non-hydrogen) atoms. The van der Waals surface area contributed by atoms with E-state index in [1.807, 2.05) is 12.1 Å². The number of hydrogen-bond acceptors (Lipinski definition) is 4. The molecule has 0 saturated carbocycles. The first-order valence-corrected chi connectivity index (χ1v) is 10.1. The minimum absolute atomic E-state index is 0.187. The lowest BCUT2D eigenvalue weighted by Gasteiger charge is -2.36. The van der Waals surface area contributed by atoms with Crippen LogP contribution < -0.4 is 11.1 Å². The third kappa shape index (κ3) is 4.58. The number of pyridine rings is 1. The molecule has 1 unspecified atom stereocenters. The number of anilines is 1. The van der Waals surface area contributed by atoms with Gasteiger partial charge in [-0.25, -0.2) is 4.98 Å². The Kier molecular flexibility index (Phi) is 5.74. The molecule has 0 saturated heterocycles. The van der Waals surface area contributed by atoms with Crippen molar-refractivity contribution in [3.63, 3.8) is 0 Å². The molecule has 0 amide bonds. The van der Waals surface area contributed by atoms with Gasteiger partial charge in [-0.2, -0.15) is 0 Å². The van der Waals surface area contributed by atoms with Gasteiger partial charge in [0.25, 0.3) is 0 Å². The average Bonchev–Trinajstić information content (AvgIpc) is 2.33. The van der Waals surface area contributed by atoms with Crippen LogP contribution in [0.15, 0.2) is 18.3 Å². The van der Waals surface area contributed by atoms with Gasteiger partial charge in [-0.1, -0.05) is 26.8 Å². The maximum Gasteiger partial charge on any atom is 0.192 e. The monoisotopic (exact) mass is 295 g/mol. The Morgan fingerprint density at radius 1 is 1.40 bits per heavy atom. The molecule has 1 rings (SSSR count). The van der Waals surface area contributed by atoms with Gasteiger partial charge in [0, 0.05) is 31.0 Å². The van der Waals surface area contributed by atoms with E-state index >= 15 is 0 Å². The summed E-state index contributed by atoms with van der Waals surface area (Å²) in [5.74, 6) is 0.595. The molecule has 0 aromatic carbocycles. The third-order valence-corrected chi connectivity index (χ3v) is 8.70. The van der Waals surface area contributed by atoms with E-state index in [9.17, 15) is 0 Å². The fourth-order valence-electron chi connectivity index (χ4n) is 1.70. The van der Waals surface area contributed by atoms with Crippen molar-refractivity contribution >= 4 is 14.1 Å². The van der Waals surface area contributed by atoms with Gasteiger partial charge in [-0.15, -0.1) is 0 Å². The molecule has 3 N–H and O–H groups in total. The molecule has 114 valence electrons. The van der Waals surface area contributed by atoms with Crippen molar-refractivity contribution < 1.29 is 4.43 Å². The summed E-state index contributed by atoms with van der Waals surface area (Å²) in [6, 6.07) is 4.11. The van der Waals surface area contributed by atoms with E-state index in [1.54, 1.807) is 6.20 Å². The fourth-order valence-corrected chi connectivity index (χ4v) is 2.75. The molecule has 0 aliphatic heterocycles. The van der Waals surface area contributed by atoms with Crippen LogP contribution in [0.3, 0.4) is 0 Å². The average molecular weight is 296 g/mol. The van der Waals surface area contributed by atoms with Gasteiger partial charge in [0.05, 0.1) is 0 Å². The second-order valence-electron chi connectivity index (χ2n) is 6.76. The molecule has 5 heteroatoms. The number of nitrogens with one attached hydrogen (secondary N) is 1. The molecule has 1 aromatic rings. The van der Waals surface area contributed by atoms with Crippen molar-refractivity contribution in [3.05, 3.63) is 23.9 Å². The van der Waals surface area contributed by atoms with Crippen LogP contribution in [0.1, 0.15) is 39.3 Å². The van der Waals surface area contributed by atoms with Crippen LogP contribution >= 0.6 is 0 Å². The van der Waals surface area contributed by atoms with E-state index < -0.39 is 8.32 Å². The summed E-state index contributed by atoms with van der Waals surface area (Å²) in [6.07, 6.45) is 1.71. The third-order valence-electron chi connectivity index (χ3n) is 4.16. The number of aromatic nitrogens is 1. The highest BCUT2D eigenvalue weighted by Crippen LogP contribution is 2.36. The highest BCUT2D eigenvalue weighted by atomic mass is 28.4. The maximum atomic E-state index is 6.14. The number of nitrogens with zero attached hydrogens (tertiary/aromatic N) is 1. The van der Waals surface area contributed by atoms with Gasteiger partial charge < -0.3 is 15.5 Å². The van der Waals surface area contributed by atoms with Crippen LogP contribution in [0.4, 0.5) is 5.82 Å². The SMILES string of the molecule is CC(NCCO[Si](C)(C)C(C)(C)C)c1cccnc1N. The Balaban J connectivity index is 2.41. The first kappa shape index (κ1) is 17.1. The van der Waals surface area contributed by atoms with Crippen molar-refractivity contribution in [2.24, 2.45) is 0 Å². The summed E-state index contributed by atoms with van der Waals surface area (Å²) < 4.78 is 6.14. The molecule has 4 nitrogen and oxygen atoms in total. The first-order valence-electron chi connectivity index (χ1n) is 7.23. The van der Waals surface area contributed by atoms with Crippen LogP contribution in [0.5, 0.6) is 0 Å². The zero-order valence-electron chi connectivity index (χ0n) is 13.7. The summed E-state index contributed by atoms with van der Waals surface area (Å²) in [6.45, 7) is 15.0. The van der Waals surface area contributed by atoms with E-state index in [2.05, 4.69) is 51.1 Å². The Bertz CT molecular complexity index is 429. The largest absolute Gasteiger partial charge is 0.416 e. The normalized spacial score (nSPS) is 14.3. The predicted molar refractivity (Wildman–Crippen MR) is 88.2 cm³/mol. The first-order chi connectivity index (χ1) is 9.15. The molecule has 0 radical (unpaired) electrons. The van der Waals surface area contributed by atoms with E-state index in [0.29, 0.717) is 5.82 Å². The van der Waals surface area contributed by atoms with E-state index in [4.69, 9.17) is 10.2 Å². The van der Waals surface area contributed by atoms with Gasteiger partial charge in [0.15, 0.2) is 8.32 Å². The van der Waals surface area contributed by atoms with Gasteiger partial charge >= 0.3 is 0 Å². The van der Waals surface area contributed by atoms with E-state index in [-0.39, 0.29) is 11.1 Å².